The molecule has 1 aliphatic rings. The van der Waals surface area contributed by atoms with Crippen LogP contribution in [0.25, 0.3) is 0 Å². The molecular formula is C57H99ClN12O19. The second-order valence-electron chi connectivity index (χ2n) is 21.6. The normalized spacial score (nSPS) is 23.6. The lowest BCUT2D eigenvalue weighted by Crippen LogP contribution is -2.62. The average Bonchev–Trinajstić information content (AvgIpc) is 2.81. The molecule has 9 amide bonds. The number of aliphatic hydroxyl groups excluding tert-OH is 4. The molecule has 1 fully saturated rings. The molecule has 0 bridgehead atoms. The maximum atomic E-state index is 14.3. The van der Waals surface area contributed by atoms with Gasteiger partial charge in [0.1, 0.15) is 54.6 Å². The number of amides is 9. The molecule has 0 spiro atoms. The number of nitrogens with one attached hydrogen (secondary N) is 9. The van der Waals surface area contributed by atoms with Crippen molar-refractivity contribution >= 4 is 82.7 Å². The van der Waals surface area contributed by atoms with Crippen molar-refractivity contribution in [1.82, 2.24) is 47.9 Å². The van der Waals surface area contributed by atoms with Crippen LogP contribution in [-0.2, 0) is 71.7 Å². The third kappa shape index (κ3) is 31.1. The summed E-state index contributed by atoms with van der Waals surface area (Å²) in [5.74, 6) is -16.0. The summed E-state index contributed by atoms with van der Waals surface area (Å²) < 4.78 is 14.7. The van der Waals surface area contributed by atoms with Crippen LogP contribution < -0.4 is 65.1 Å². The van der Waals surface area contributed by atoms with Crippen LogP contribution in [0.5, 0.6) is 0 Å². The number of allylic oxidation sites excluding steroid dienone is 1. The van der Waals surface area contributed by atoms with E-state index < -0.39 is 181 Å². The molecule has 0 aliphatic carbocycles. The van der Waals surface area contributed by atoms with E-state index in [1.165, 1.54) is 51.9 Å². The van der Waals surface area contributed by atoms with E-state index >= 15 is 0 Å². The Morgan fingerprint density at radius 3 is 1.60 bits per heavy atom. The van der Waals surface area contributed by atoms with Gasteiger partial charge in [0.2, 0.25) is 47.3 Å². The highest BCUT2D eigenvalue weighted by Crippen LogP contribution is 2.15. The van der Waals surface area contributed by atoms with Crippen LogP contribution >= 0.6 is 11.6 Å². The van der Waals surface area contributed by atoms with Crippen LogP contribution in [0.1, 0.15) is 156 Å². The van der Waals surface area contributed by atoms with Gasteiger partial charge in [0.15, 0.2) is 12.1 Å². The minimum absolute atomic E-state index is 0.145. The van der Waals surface area contributed by atoms with Gasteiger partial charge < -0.3 is 99.7 Å². The van der Waals surface area contributed by atoms with Gasteiger partial charge in [0.25, 0.3) is 5.91 Å². The molecule has 0 aromatic heterocycles. The van der Waals surface area contributed by atoms with Crippen molar-refractivity contribution < 1.29 is 92.2 Å². The van der Waals surface area contributed by atoms with Gasteiger partial charge in [-0.3, -0.25) is 47.9 Å². The molecule has 0 radical (unpaired) electrons. The number of carbonyl (C=O) groups excluding carboxylic acids is 12. The fourth-order valence-electron chi connectivity index (χ4n) is 9.12. The predicted octanol–water partition coefficient (Wildman–Crippen LogP) is -3.42. The largest absolute Gasteiger partial charge is 0.469 e. The van der Waals surface area contributed by atoms with E-state index in [0.29, 0.717) is 12.8 Å². The van der Waals surface area contributed by atoms with Crippen molar-refractivity contribution in [2.24, 2.45) is 17.2 Å². The number of aliphatic hydroxyl groups is 4. The summed E-state index contributed by atoms with van der Waals surface area (Å²) in [6.07, 6.45) is 5.75. The third-order valence-corrected chi connectivity index (χ3v) is 14.7. The molecule has 508 valence electrons. The molecule has 1 saturated heterocycles. The predicted molar refractivity (Wildman–Crippen MR) is 323 cm³/mol. The maximum Gasteiger partial charge on any atom is 0.337 e. The van der Waals surface area contributed by atoms with Gasteiger partial charge in [-0.15, -0.1) is 11.6 Å². The van der Waals surface area contributed by atoms with Crippen molar-refractivity contribution in [3.63, 3.8) is 0 Å². The number of carbonyl (C=O) groups is 12. The van der Waals surface area contributed by atoms with Gasteiger partial charge in [0, 0.05) is 0 Å². The number of hydrogen-bond acceptors (Lipinski definition) is 22. The number of cyclic esters (lactones) is 1. The molecule has 0 saturated carbocycles. The number of hydrogen-bond donors (Lipinski definition) is 16. The zero-order valence-corrected chi connectivity index (χ0v) is 52.7. The molecule has 1 aliphatic heterocycles. The van der Waals surface area contributed by atoms with Crippen LogP contribution in [0.4, 0.5) is 0 Å². The zero-order valence-electron chi connectivity index (χ0n) is 51.9. The Balaban J connectivity index is 3.94. The second kappa shape index (κ2) is 45.6. The first-order valence-electron chi connectivity index (χ1n) is 30.5. The van der Waals surface area contributed by atoms with Crippen molar-refractivity contribution in [3.05, 3.63) is 11.8 Å². The lowest BCUT2D eigenvalue weighted by Gasteiger charge is -2.29. The minimum atomic E-state index is -2.59. The van der Waals surface area contributed by atoms with Gasteiger partial charge in [-0.05, 0) is 72.0 Å². The van der Waals surface area contributed by atoms with Crippen LogP contribution in [0.2, 0.25) is 0 Å². The van der Waals surface area contributed by atoms with Gasteiger partial charge >= 0.3 is 17.9 Å². The zero-order chi connectivity index (χ0) is 67.0. The fraction of sp³-hybridized carbons (Fsp3) is 0.754. The summed E-state index contributed by atoms with van der Waals surface area (Å²) in [5, 5.41) is 64.0. The lowest BCUT2D eigenvalue weighted by molar-refractivity contribution is -0.157. The summed E-state index contributed by atoms with van der Waals surface area (Å²) in [6.45, 7) is 2.87. The number of esters is 3. The molecule has 19 N–H and O–H groups in total. The minimum Gasteiger partial charge on any atom is -0.469 e. The number of halogens is 1. The third-order valence-electron chi connectivity index (χ3n) is 14.4. The summed E-state index contributed by atoms with van der Waals surface area (Å²) in [6, 6.07) is -15.3. The smallest absolute Gasteiger partial charge is 0.337 e. The summed E-state index contributed by atoms with van der Waals surface area (Å²) in [5.41, 5.74) is 16.6. The van der Waals surface area contributed by atoms with E-state index in [4.69, 9.17) is 38.3 Å². The molecule has 0 unspecified atom stereocenters. The highest BCUT2D eigenvalue weighted by atomic mass is 35.5. The Labute approximate surface area is 524 Å². The number of nitrogens with two attached hydrogens (primary N) is 3. The number of alkyl halides is 1. The molecule has 0 aromatic rings. The van der Waals surface area contributed by atoms with Crippen molar-refractivity contribution in [2.75, 3.05) is 46.3 Å². The highest BCUT2D eigenvalue weighted by Gasteiger charge is 2.41. The van der Waals surface area contributed by atoms with E-state index in [0.717, 1.165) is 59.3 Å². The Hall–Kier alpha value is -6.61. The molecule has 31 nitrogen and oxygen atoms in total. The SMILES string of the molecule is C/C=C1\NC(=O)[C@H]([C@@H](C)O)NC(=O)[C@H](CCN)NC(=O)[C@H](CCCCN)NC(=O)[C@H](CC(=O)OC)NC(=O)[C@@H](CCN)NC(=O)[C@@H](NC(=O)C[C@@H](O)CCCCCCCCCCCCCCC)COC(=O)[C@H]([C@H](O)CCl)NC(=O)[C@H]([C@H](O)C(=O)OC)NC1=O. The average molecular weight is 1290 g/mol. The number of ether oxygens (including phenoxy) is 3. The Morgan fingerprint density at radius 1 is 0.607 bits per heavy atom. The van der Waals surface area contributed by atoms with E-state index in [9.17, 15) is 78.0 Å². The van der Waals surface area contributed by atoms with Crippen LogP contribution in [0, 0.1) is 0 Å². The maximum absolute atomic E-state index is 14.3. The Kier molecular flexibility index (Phi) is 41.2. The van der Waals surface area contributed by atoms with Gasteiger partial charge in [0.05, 0.1) is 51.3 Å². The molecule has 12 atom stereocenters. The number of unbranched alkanes of at least 4 members (excludes halogenated alkanes) is 13. The highest BCUT2D eigenvalue weighted by molar-refractivity contribution is 6.18. The first-order chi connectivity index (χ1) is 42.4. The standard InChI is InChI=1S/C57H99ClN12O19/c1-6-8-9-10-11-12-13-14-15-16-17-18-19-22-34(72)29-42(74)62-40-32-89-56(85)45(41(73)31-58)69-55(84)46(47(76)57(86)88-5)70-48(77)35(7-2)63-54(83)44(33(3)71)68-51(80)38(25-28-61)65-49(78)36(23-20-21-26-59)64-52(81)39(30-43(75)87-4)67-50(79)37(24-27-60)66-53(40)82/h7,33-34,36-41,44-47,71-73,76H,6,8-32,59-61H2,1-5H3,(H,62,74)(H,63,83)(H,64,81)(H,65,78)(H,66,82)(H,67,79)(H,68,80)(H,69,84)(H,70,77)/b35-7-/t33-,34+,36+,37-,38+,39+,40+,41-,44+,45+,46+,47+/m1/s1. The summed E-state index contributed by atoms with van der Waals surface area (Å²) in [4.78, 5) is 165. The summed E-state index contributed by atoms with van der Waals surface area (Å²) >= 11 is 5.93. The van der Waals surface area contributed by atoms with E-state index in [1.807, 2.05) is 10.6 Å². The van der Waals surface area contributed by atoms with Gasteiger partial charge in [-0.25, -0.2) is 9.59 Å². The molecule has 0 aromatic carbocycles. The molecule has 1 rings (SSSR count). The molecule has 32 heteroatoms. The first-order valence-corrected chi connectivity index (χ1v) is 31.0. The number of methoxy groups -OCH3 is 2. The van der Waals surface area contributed by atoms with E-state index in [-0.39, 0.29) is 45.3 Å². The van der Waals surface area contributed by atoms with Gasteiger partial charge in [-0.1, -0.05) is 96.5 Å². The van der Waals surface area contributed by atoms with Crippen molar-refractivity contribution in [3.8, 4) is 0 Å². The molecule has 89 heavy (non-hydrogen) atoms. The second-order valence-corrected chi connectivity index (χ2v) is 22.0. The van der Waals surface area contributed by atoms with E-state index in [1.54, 1.807) is 0 Å². The topological polar surface area (TPSA) is 500 Å². The molecule has 1 heterocycles. The quantitative estimate of drug-likeness (QED) is 0.0103. The van der Waals surface area contributed by atoms with Crippen LogP contribution in [0.3, 0.4) is 0 Å². The monoisotopic (exact) mass is 1290 g/mol. The number of rotatable bonds is 32. The van der Waals surface area contributed by atoms with Crippen LogP contribution in [-0.4, -0.2) is 211 Å². The Morgan fingerprint density at radius 2 is 1.10 bits per heavy atom. The summed E-state index contributed by atoms with van der Waals surface area (Å²) in [7, 11) is 1.79. The fourth-order valence-corrected chi connectivity index (χ4v) is 9.30. The first kappa shape index (κ1) is 80.4. The van der Waals surface area contributed by atoms with Crippen molar-refractivity contribution in [1.29, 1.82) is 0 Å². The Bertz CT molecular complexity index is 2300. The van der Waals surface area contributed by atoms with E-state index in [2.05, 4.69) is 48.9 Å². The van der Waals surface area contributed by atoms with Crippen molar-refractivity contribution in [2.45, 2.75) is 228 Å². The lowest BCUT2D eigenvalue weighted by atomic mass is 10.0. The van der Waals surface area contributed by atoms with Crippen LogP contribution in [0.15, 0.2) is 11.8 Å². The van der Waals surface area contributed by atoms with Gasteiger partial charge in [-0.2, -0.15) is 0 Å². The molecular weight excluding hydrogens is 1190 g/mol.